The molecule has 2 aromatic carbocycles. The molecular formula is C15H14BrClFN. The predicted molar refractivity (Wildman–Crippen MR) is 80.8 cm³/mol. The fourth-order valence-electron chi connectivity index (χ4n) is 1.82. The summed E-state index contributed by atoms with van der Waals surface area (Å²) in [6.07, 6.45) is 0. The molecule has 0 aliphatic rings. The van der Waals surface area contributed by atoms with E-state index in [9.17, 15) is 4.39 Å². The fourth-order valence-corrected chi connectivity index (χ4v) is 2.35. The van der Waals surface area contributed by atoms with E-state index in [1.807, 2.05) is 37.3 Å². The molecule has 0 heterocycles. The van der Waals surface area contributed by atoms with Crippen molar-refractivity contribution in [3.05, 3.63) is 68.9 Å². The molecule has 0 aliphatic heterocycles. The number of benzene rings is 2. The van der Waals surface area contributed by atoms with Gasteiger partial charge in [0.1, 0.15) is 5.82 Å². The topological polar surface area (TPSA) is 12.0 Å². The normalized spacial score (nSPS) is 12.4. The highest BCUT2D eigenvalue weighted by Gasteiger charge is 2.07. The molecule has 0 spiro atoms. The van der Waals surface area contributed by atoms with Crippen molar-refractivity contribution in [3.8, 4) is 0 Å². The van der Waals surface area contributed by atoms with Crippen molar-refractivity contribution in [1.29, 1.82) is 0 Å². The van der Waals surface area contributed by atoms with Crippen LogP contribution in [0.2, 0.25) is 5.02 Å². The van der Waals surface area contributed by atoms with Crippen LogP contribution >= 0.6 is 27.5 Å². The summed E-state index contributed by atoms with van der Waals surface area (Å²) in [5.74, 6) is -0.208. The second-order valence-corrected chi connectivity index (χ2v) is 5.75. The lowest BCUT2D eigenvalue weighted by Crippen LogP contribution is -2.18. The van der Waals surface area contributed by atoms with Crippen LogP contribution < -0.4 is 5.32 Å². The van der Waals surface area contributed by atoms with Crippen LogP contribution in [0.25, 0.3) is 0 Å². The van der Waals surface area contributed by atoms with Gasteiger partial charge in [0.2, 0.25) is 0 Å². The molecule has 4 heteroatoms. The summed E-state index contributed by atoms with van der Waals surface area (Å²) >= 11 is 9.20. The monoisotopic (exact) mass is 341 g/mol. The molecule has 0 fully saturated rings. The number of rotatable bonds is 4. The lowest BCUT2D eigenvalue weighted by molar-refractivity contribution is 0.544. The van der Waals surface area contributed by atoms with E-state index >= 15 is 0 Å². The Labute approximate surface area is 125 Å². The van der Waals surface area contributed by atoms with Crippen molar-refractivity contribution >= 4 is 27.5 Å². The van der Waals surface area contributed by atoms with Crippen molar-refractivity contribution in [2.75, 3.05) is 0 Å². The molecule has 2 aromatic rings. The van der Waals surface area contributed by atoms with Crippen molar-refractivity contribution in [2.24, 2.45) is 0 Å². The maximum absolute atomic E-state index is 13.7. The second kappa shape index (κ2) is 6.51. The third-order valence-corrected chi connectivity index (χ3v) is 3.69. The summed E-state index contributed by atoms with van der Waals surface area (Å²) in [5, 5.41) is 4.00. The van der Waals surface area contributed by atoms with E-state index in [0.717, 1.165) is 10.0 Å². The average Bonchev–Trinajstić information content (AvgIpc) is 2.37. The Morgan fingerprint density at radius 1 is 1.26 bits per heavy atom. The van der Waals surface area contributed by atoms with E-state index < -0.39 is 0 Å². The van der Waals surface area contributed by atoms with Gasteiger partial charge in [0.15, 0.2) is 0 Å². The minimum Gasteiger partial charge on any atom is -0.306 e. The van der Waals surface area contributed by atoms with Gasteiger partial charge in [0.05, 0.1) is 0 Å². The number of nitrogens with one attached hydrogen (secondary N) is 1. The van der Waals surface area contributed by atoms with Crippen LogP contribution in [0.4, 0.5) is 4.39 Å². The summed E-state index contributed by atoms with van der Waals surface area (Å²) in [4.78, 5) is 0. The average molecular weight is 343 g/mol. The van der Waals surface area contributed by atoms with Crippen molar-refractivity contribution in [2.45, 2.75) is 19.5 Å². The summed E-state index contributed by atoms with van der Waals surface area (Å²) in [6, 6.07) is 12.9. The molecule has 1 N–H and O–H groups in total. The molecule has 100 valence electrons. The minimum atomic E-state index is -0.208. The first kappa shape index (κ1) is 14.5. The Morgan fingerprint density at radius 3 is 2.74 bits per heavy atom. The van der Waals surface area contributed by atoms with Crippen molar-refractivity contribution in [1.82, 2.24) is 5.32 Å². The van der Waals surface area contributed by atoms with Crippen LogP contribution in [0, 0.1) is 5.82 Å². The summed E-state index contributed by atoms with van der Waals surface area (Å²) < 4.78 is 14.4. The maximum atomic E-state index is 13.7. The molecule has 0 saturated heterocycles. The lowest BCUT2D eigenvalue weighted by Gasteiger charge is -2.15. The molecule has 0 saturated carbocycles. The molecule has 0 bridgehead atoms. The van der Waals surface area contributed by atoms with Crippen LogP contribution in [0.15, 0.2) is 46.9 Å². The van der Waals surface area contributed by atoms with Gasteiger partial charge in [-0.3, -0.25) is 0 Å². The summed E-state index contributed by atoms with van der Waals surface area (Å²) in [6.45, 7) is 2.51. The molecule has 1 atom stereocenters. The molecule has 0 amide bonds. The Balaban J connectivity index is 2.02. The first-order valence-corrected chi connectivity index (χ1v) is 7.16. The SMILES string of the molecule is CC(NCc1ccc(Br)cc1F)c1cccc(Cl)c1. The van der Waals surface area contributed by atoms with Gasteiger partial charge >= 0.3 is 0 Å². The van der Waals surface area contributed by atoms with Gasteiger partial charge in [-0.1, -0.05) is 45.7 Å². The van der Waals surface area contributed by atoms with E-state index in [0.29, 0.717) is 17.1 Å². The third kappa shape index (κ3) is 4.03. The lowest BCUT2D eigenvalue weighted by atomic mass is 10.1. The Bertz CT molecular complexity index is 574. The fraction of sp³-hybridized carbons (Fsp3) is 0.200. The predicted octanol–water partition coefficient (Wildman–Crippen LogP) is 5.09. The van der Waals surface area contributed by atoms with Gasteiger partial charge in [0, 0.05) is 27.6 Å². The zero-order chi connectivity index (χ0) is 13.8. The first-order valence-electron chi connectivity index (χ1n) is 5.99. The van der Waals surface area contributed by atoms with Gasteiger partial charge in [-0.2, -0.15) is 0 Å². The van der Waals surface area contributed by atoms with Crippen molar-refractivity contribution in [3.63, 3.8) is 0 Å². The molecule has 1 unspecified atom stereocenters. The molecule has 1 nitrogen and oxygen atoms in total. The molecular weight excluding hydrogens is 329 g/mol. The summed E-state index contributed by atoms with van der Waals surface area (Å²) in [5.41, 5.74) is 1.74. The van der Waals surface area contributed by atoms with Crippen LogP contribution in [0.3, 0.4) is 0 Å². The molecule has 19 heavy (non-hydrogen) atoms. The number of hydrogen-bond acceptors (Lipinski definition) is 1. The second-order valence-electron chi connectivity index (χ2n) is 4.39. The zero-order valence-electron chi connectivity index (χ0n) is 10.5. The molecule has 2 rings (SSSR count). The van der Waals surface area contributed by atoms with Crippen molar-refractivity contribution < 1.29 is 4.39 Å². The van der Waals surface area contributed by atoms with E-state index in [4.69, 9.17) is 11.6 Å². The maximum Gasteiger partial charge on any atom is 0.128 e. The van der Waals surface area contributed by atoms with Gasteiger partial charge in [0.25, 0.3) is 0 Å². The van der Waals surface area contributed by atoms with Crippen LogP contribution in [-0.4, -0.2) is 0 Å². The first-order chi connectivity index (χ1) is 9.06. The molecule has 0 aromatic heterocycles. The third-order valence-electron chi connectivity index (χ3n) is 2.96. The highest BCUT2D eigenvalue weighted by atomic mass is 79.9. The van der Waals surface area contributed by atoms with E-state index in [2.05, 4.69) is 21.2 Å². The highest BCUT2D eigenvalue weighted by Crippen LogP contribution is 2.19. The van der Waals surface area contributed by atoms with Gasteiger partial charge in [-0.15, -0.1) is 0 Å². The van der Waals surface area contributed by atoms with Gasteiger partial charge < -0.3 is 5.32 Å². The highest BCUT2D eigenvalue weighted by molar-refractivity contribution is 9.10. The van der Waals surface area contributed by atoms with Gasteiger partial charge in [-0.05, 0) is 36.8 Å². The standard InChI is InChI=1S/C15H14BrClFN/c1-10(11-3-2-4-14(17)7-11)19-9-12-5-6-13(16)8-15(12)18/h2-8,10,19H,9H2,1H3. The van der Waals surface area contributed by atoms with E-state index in [1.165, 1.54) is 6.07 Å². The van der Waals surface area contributed by atoms with Crippen LogP contribution in [0.1, 0.15) is 24.1 Å². The quantitative estimate of drug-likeness (QED) is 0.816. The zero-order valence-corrected chi connectivity index (χ0v) is 12.8. The Morgan fingerprint density at radius 2 is 2.05 bits per heavy atom. The number of hydrogen-bond donors (Lipinski definition) is 1. The van der Waals surface area contributed by atoms with Crippen LogP contribution in [-0.2, 0) is 6.54 Å². The number of halogens is 3. The van der Waals surface area contributed by atoms with E-state index in [1.54, 1.807) is 6.07 Å². The van der Waals surface area contributed by atoms with Gasteiger partial charge in [-0.25, -0.2) is 4.39 Å². The Hall–Kier alpha value is -0.900. The summed E-state index contributed by atoms with van der Waals surface area (Å²) in [7, 11) is 0. The largest absolute Gasteiger partial charge is 0.306 e. The van der Waals surface area contributed by atoms with Crippen LogP contribution in [0.5, 0.6) is 0 Å². The molecule has 0 aliphatic carbocycles. The smallest absolute Gasteiger partial charge is 0.128 e. The Kier molecular flexibility index (Phi) is 4.97. The van der Waals surface area contributed by atoms with E-state index in [-0.39, 0.29) is 11.9 Å². The minimum absolute atomic E-state index is 0.113. The molecule has 0 radical (unpaired) electrons.